The summed E-state index contributed by atoms with van der Waals surface area (Å²) in [4.78, 5) is 31.9. The molecule has 0 fully saturated rings. The number of nitrogens with zero attached hydrogens (tertiary/aromatic N) is 2. The summed E-state index contributed by atoms with van der Waals surface area (Å²) in [5.74, 6) is 0.972. The SMILES string of the molecule is CCOc1ccc([C@@H]2C(C(=O)OC)=CN=c3s/c(=C/c4cc(Cl)cc(Br)c4OCc4ccc(Cl)cc4)c(=O)n32)cc1OCC. The predicted octanol–water partition coefficient (Wildman–Crippen LogP) is 6.46. The largest absolute Gasteiger partial charge is 0.490 e. The van der Waals surface area contributed by atoms with Gasteiger partial charge in [-0.2, -0.15) is 0 Å². The number of hydrogen-bond acceptors (Lipinski definition) is 8. The third-order valence-electron chi connectivity index (χ3n) is 6.63. The topological polar surface area (TPSA) is 88.4 Å². The van der Waals surface area contributed by atoms with Crippen LogP contribution in [-0.2, 0) is 16.1 Å². The molecule has 5 rings (SSSR count). The van der Waals surface area contributed by atoms with Crippen molar-refractivity contribution in [3.05, 3.63) is 117 Å². The molecule has 0 bridgehead atoms. The smallest absolute Gasteiger partial charge is 0.337 e. The zero-order chi connectivity index (χ0) is 31.4. The molecular weight excluding hydrogens is 691 g/mol. The van der Waals surface area contributed by atoms with Gasteiger partial charge in [0.25, 0.3) is 5.56 Å². The van der Waals surface area contributed by atoms with E-state index in [9.17, 15) is 9.59 Å². The molecule has 0 saturated carbocycles. The Balaban J connectivity index is 1.62. The van der Waals surface area contributed by atoms with Gasteiger partial charge in [0.05, 0.1) is 40.9 Å². The first-order valence-corrected chi connectivity index (χ1v) is 16.0. The maximum atomic E-state index is 14.1. The number of carbonyl (C=O) groups excluding carboxylic acids is 1. The van der Waals surface area contributed by atoms with E-state index in [4.69, 9.17) is 42.1 Å². The Bertz CT molecular complexity index is 1920. The van der Waals surface area contributed by atoms with Crippen LogP contribution in [0.3, 0.4) is 0 Å². The molecule has 12 heteroatoms. The van der Waals surface area contributed by atoms with Crippen LogP contribution in [0.25, 0.3) is 6.08 Å². The van der Waals surface area contributed by atoms with Crippen molar-refractivity contribution in [3.8, 4) is 17.2 Å². The molecule has 0 saturated heterocycles. The van der Waals surface area contributed by atoms with E-state index < -0.39 is 12.0 Å². The Morgan fingerprint density at radius 1 is 1.00 bits per heavy atom. The number of esters is 1. The van der Waals surface area contributed by atoms with Gasteiger partial charge in [0.1, 0.15) is 12.4 Å². The molecule has 0 amide bonds. The summed E-state index contributed by atoms with van der Waals surface area (Å²) in [5, 5.41) is 1.09. The number of hydrogen-bond donors (Lipinski definition) is 0. The summed E-state index contributed by atoms with van der Waals surface area (Å²) in [6.07, 6.45) is 3.15. The van der Waals surface area contributed by atoms with E-state index in [2.05, 4.69) is 20.9 Å². The summed E-state index contributed by atoms with van der Waals surface area (Å²) in [7, 11) is 1.29. The fourth-order valence-electron chi connectivity index (χ4n) is 4.70. The molecule has 1 atom stereocenters. The van der Waals surface area contributed by atoms with Crippen molar-refractivity contribution in [1.82, 2.24) is 4.57 Å². The van der Waals surface area contributed by atoms with Gasteiger partial charge in [-0.25, -0.2) is 9.79 Å². The summed E-state index contributed by atoms with van der Waals surface area (Å²) in [6, 6.07) is 15.3. The number of rotatable bonds is 10. The maximum absolute atomic E-state index is 14.1. The molecule has 44 heavy (non-hydrogen) atoms. The van der Waals surface area contributed by atoms with E-state index in [1.165, 1.54) is 29.2 Å². The lowest BCUT2D eigenvalue weighted by atomic mass is 9.97. The van der Waals surface area contributed by atoms with Gasteiger partial charge in [-0.3, -0.25) is 9.36 Å². The average molecular weight is 718 g/mol. The molecule has 1 aromatic heterocycles. The molecule has 8 nitrogen and oxygen atoms in total. The van der Waals surface area contributed by atoms with Gasteiger partial charge in [0.15, 0.2) is 16.3 Å². The van der Waals surface area contributed by atoms with Gasteiger partial charge >= 0.3 is 5.97 Å². The van der Waals surface area contributed by atoms with Crippen molar-refractivity contribution < 1.29 is 23.7 Å². The minimum atomic E-state index is -0.817. The predicted molar refractivity (Wildman–Crippen MR) is 175 cm³/mol. The van der Waals surface area contributed by atoms with E-state index in [0.29, 0.717) is 65.4 Å². The minimum Gasteiger partial charge on any atom is -0.490 e. The van der Waals surface area contributed by atoms with Crippen molar-refractivity contribution in [3.63, 3.8) is 0 Å². The van der Waals surface area contributed by atoms with Crippen LogP contribution in [-0.4, -0.2) is 30.9 Å². The Morgan fingerprint density at radius 3 is 2.43 bits per heavy atom. The number of ether oxygens (including phenoxy) is 4. The fourth-order valence-corrected chi connectivity index (χ4v) is 6.74. The number of methoxy groups -OCH3 is 1. The monoisotopic (exact) mass is 716 g/mol. The molecule has 1 aliphatic heterocycles. The number of fused-ring (bicyclic) bond motifs is 1. The lowest BCUT2D eigenvalue weighted by Gasteiger charge is -2.23. The highest BCUT2D eigenvalue weighted by molar-refractivity contribution is 9.10. The first-order chi connectivity index (χ1) is 21.2. The number of aromatic nitrogens is 1. The molecule has 0 spiro atoms. The zero-order valence-electron chi connectivity index (χ0n) is 23.9. The van der Waals surface area contributed by atoms with E-state index >= 15 is 0 Å². The molecule has 4 aromatic rings. The number of thiazole rings is 1. The molecule has 3 aromatic carbocycles. The highest BCUT2D eigenvalue weighted by atomic mass is 79.9. The van der Waals surface area contributed by atoms with Crippen LogP contribution >= 0.6 is 50.5 Å². The molecule has 2 heterocycles. The van der Waals surface area contributed by atoms with Gasteiger partial charge in [-0.15, -0.1) is 0 Å². The van der Waals surface area contributed by atoms with Crippen LogP contribution in [0.5, 0.6) is 17.2 Å². The normalized spacial score (nSPS) is 14.4. The molecule has 0 unspecified atom stereocenters. The van der Waals surface area contributed by atoms with Gasteiger partial charge in [-0.05, 0) is 83.4 Å². The van der Waals surface area contributed by atoms with Crippen LogP contribution in [0.4, 0.5) is 0 Å². The van der Waals surface area contributed by atoms with E-state index in [0.717, 1.165) is 5.56 Å². The van der Waals surface area contributed by atoms with Crippen molar-refractivity contribution in [2.75, 3.05) is 20.3 Å². The van der Waals surface area contributed by atoms with E-state index in [1.807, 2.05) is 26.0 Å². The lowest BCUT2D eigenvalue weighted by molar-refractivity contribution is -0.136. The molecule has 228 valence electrons. The van der Waals surface area contributed by atoms with Crippen molar-refractivity contribution >= 4 is 62.5 Å². The van der Waals surface area contributed by atoms with Crippen LogP contribution in [0.1, 0.15) is 36.6 Å². The summed E-state index contributed by atoms with van der Waals surface area (Å²) in [6.45, 7) is 4.87. The third-order valence-corrected chi connectivity index (χ3v) is 8.68. The molecule has 0 N–H and O–H groups in total. The van der Waals surface area contributed by atoms with Crippen molar-refractivity contribution in [2.45, 2.75) is 26.5 Å². The molecule has 1 aliphatic rings. The van der Waals surface area contributed by atoms with Crippen molar-refractivity contribution in [1.29, 1.82) is 0 Å². The maximum Gasteiger partial charge on any atom is 0.337 e. The third kappa shape index (κ3) is 6.73. The summed E-state index contributed by atoms with van der Waals surface area (Å²) < 4.78 is 25.3. The summed E-state index contributed by atoms with van der Waals surface area (Å²) in [5.41, 5.74) is 2.00. The van der Waals surface area contributed by atoms with Crippen LogP contribution in [0.2, 0.25) is 10.0 Å². The fraction of sp³-hybridized carbons (Fsp3) is 0.219. The highest BCUT2D eigenvalue weighted by Gasteiger charge is 2.31. The van der Waals surface area contributed by atoms with Gasteiger partial charge in [0, 0.05) is 21.8 Å². The molecule has 0 aliphatic carbocycles. The minimum absolute atomic E-state index is 0.204. The highest BCUT2D eigenvalue weighted by Crippen LogP contribution is 2.36. The van der Waals surface area contributed by atoms with E-state index in [-0.39, 0.29) is 17.7 Å². The second-order valence-corrected chi connectivity index (χ2v) is 12.2. The second kappa shape index (κ2) is 14.0. The Labute approximate surface area is 275 Å². The van der Waals surface area contributed by atoms with Crippen LogP contribution < -0.4 is 29.1 Å². The summed E-state index contributed by atoms with van der Waals surface area (Å²) >= 11 is 17.2. The molecular formula is C32H27BrCl2N2O6S. The zero-order valence-corrected chi connectivity index (χ0v) is 27.8. The van der Waals surface area contributed by atoms with Gasteiger partial charge in [-0.1, -0.05) is 52.7 Å². The van der Waals surface area contributed by atoms with Crippen molar-refractivity contribution in [2.24, 2.45) is 4.99 Å². The number of halogens is 3. The van der Waals surface area contributed by atoms with Crippen LogP contribution in [0.15, 0.2) is 80.6 Å². The second-order valence-electron chi connectivity index (χ2n) is 9.47. The first kappa shape index (κ1) is 31.8. The van der Waals surface area contributed by atoms with Crippen LogP contribution in [0, 0.1) is 0 Å². The van der Waals surface area contributed by atoms with Gasteiger partial charge < -0.3 is 18.9 Å². The Morgan fingerprint density at radius 2 is 1.73 bits per heavy atom. The Hall–Kier alpha value is -3.57. The molecule has 0 radical (unpaired) electrons. The van der Waals surface area contributed by atoms with Gasteiger partial charge in [0.2, 0.25) is 0 Å². The average Bonchev–Trinajstić information content (AvgIpc) is 3.32. The number of carbonyl (C=O) groups is 1. The quantitative estimate of drug-likeness (QED) is 0.175. The van der Waals surface area contributed by atoms with E-state index in [1.54, 1.807) is 48.5 Å². The Kier molecular flexibility index (Phi) is 10.2. The number of benzene rings is 3. The standard InChI is InChI=1S/C32H27BrCl2N2O6S/c1-4-41-25-11-8-19(13-26(25)42-5-2)28-23(31(39)40-3)16-36-32-37(28)30(38)27(44-32)14-20-12-22(35)15-24(33)29(20)43-17-18-6-9-21(34)10-7-18/h6-16,28H,4-5,17H2,1-3H3/b27-14+/t28-/m1/s1. The first-order valence-electron chi connectivity index (χ1n) is 13.6. The lowest BCUT2D eigenvalue weighted by Crippen LogP contribution is -2.39.